The van der Waals surface area contributed by atoms with Gasteiger partial charge in [0.2, 0.25) is 10.0 Å². The molecule has 0 bridgehead atoms. The lowest BCUT2D eigenvalue weighted by atomic mass is 10.1. The topological polar surface area (TPSA) is 70.9 Å². The Labute approximate surface area is 173 Å². The van der Waals surface area contributed by atoms with Gasteiger partial charge in [-0.25, -0.2) is 8.42 Å². The Bertz CT molecular complexity index is 953. The molecule has 1 aliphatic rings. The molecule has 0 aromatic heterocycles. The fourth-order valence-electron chi connectivity index (χ4n) is 3.59. The first-order valence-electron chi connectivity index (χ1n) is 10.0. The van der Waals surface area contributed by atoms with Gasteiger partial charge in [0.05, 0.1) is 37.1 Å². The molecule has 1 aliphatic heterocycles. The number of quaternary nitrogens is 1. The Hall–Kier alpha value is -2.22. The number of piperazine rings is 1. The molecule has 7 heteroatoms. The number of hydrogen-bond acceptors (Lipinski definition) is 3. The molecule has 3 rings (SSSR count). The Balaban J connectivity index is 1.53. The van der Waals surface area contributed by atoms with Crippen LogP contribution in [-0.4, -0.2) is 51.4 Å². The van der Waals surface area contributed by atoms with Crippen molar-refractivity contribution >= 4 is 15.9 Å². The fraction of sp³-hybridized carbons (Fsp3) is 0.409. The van der Waals surface area contributed by atoms with Crippen LogP contribution < -0.4 is 10.2 Å². The zero-order chi connectivity index (χ0) is 21.0. The first-order chi connectivity index (χ1) is 13.8. The highest BCUT2D eigenvalue weighted by atomic mass is 32.2. The summed E-state index contributed by atoms with van der Waals surface area (Å²) < 4.78 is 27.4. The van der Waals surface area contributed by atoms with Crippen LogP contribution >= 0.6 is 0 Å². The molecule has 1 amide bonds. The van der Waals surface area contributed by atoms with Crippen molar-refractivity contribution in [1.29, 1.82) is 0 Å². The van der Waals surface area contributed by atoms with E-state index >= 15 is 0 Å². The van der Waals surface area contributed by atoms with Gasteiger partial charge in [0.1, 0.15) is 0 Å². The van der Waals surface area contributed by atoms with E-state index in [-0.39, 0.29) is 11.9 Å². The van der Waals surface area contributed by atoms with Gasteiger partial charge in [-0.05, 0) is 49.6 Å². The molecular weight excluding hydrogens is 386 g/mol. The molecule has 0 unspecified atom stereocenters. The number of nitrogens with zero attached hydrogens (tertiary/aromatic N) is 1. The third-order valence-corrected chi connectivity index (χ3v) is 7.53. The minimum absolute atomic E-state index is 0.0122. The van der Waals surface area contributed by atoms with Gasteiger partial charge < -0.3 is 10.2 Å². The maximum absolute atomic E-state index is 12.9. The van der Waals surface area contributed by atoms with Crippen LogP contribution in [0.3, 0.4) is 0 Å². The van der Waals surface area contributed by atoms with Crippen molar-refractivity contribution in [2.24, 2.45) is 0 Å². The molecule has 2 aromatic carbocycles. The highest BCUT2D eigenvalue weighted by Crippen LogP contribution is 2.19. The van der Waals surface area contributed by atoms with E-state index in [4.69, 9.17) is 0 Å². The SMILES string of the molecule is Cc1ccc(S(=O)(=O)N2CC[NH+](CC(=O)N[C@H](C)c3ccccc3)CC2)cc1C. The Morgan fingerprint density at radius 2 is 1.72 bits per heavy atom. The minimum Gasteiger partial charge on any atom is -0.345 e. The standard InChI is InChI=1S/C22H29N3O3S/c1-17-9-10-21(15-18(17)2)29(27,28)25-13-11-24(12-14-25)16-22(26)23-19(3)20-7-5-4-6-8-20/h4-10,15,19H,11-14,16H2,1-3H3,(H,23,26)/p+1/t19-/m1/s1. The Morgan fingerprint density at radius 3 is 2.34 bits per heavy atom. The maximum Gasteiger partial charge on any atom is 0.275 e. The molecule has 0 spiro atoms. The third-order valence-electron chi connectivity index (χ3n) is 5.63. The first kappa shape index (κ1) is 21.5. The lowest BCUT2D eigenvalue weighted by Gasteiger charge is -2.31. The van der Waals surface area contributed by atoms with Crippen molar-refractivity contribution < 1.29 is 18.1 Å². The number of carbonyl (C=O) groups is 1. The normalized spacial score (nSPS) is 17.1. The number of benzene rings is 2. The van der Waals surface area contributed by atoms with E-state index < -0.39 is 10.0 Å². The highest BCUT2D eigenvalue weighted by Gasteiger charge is 2.31. The first-order valence-corrected chi connectivity index (χ1v) is 11.5. The molecule has 6 nitrogen and oxygen atoms in total. The molecule has 0 aliphatic carbocycles. The number of nitrogens with one attached hydrogen (secondary N) is 2. The molecule has 0 saturated carbocycles. The van der Waals surface area contributed by atoms with E-state index in [9.17, 15) is 13.2 Å². The average molecular weight is 417 g/mol. The van der Waals surface area contributed by atoms with Crippen LogP contribution in [0.4, 0.5) is 0 Å². The van der Waals surface area contributed by atoms with Crippen LogP contribution in [0.5, 0.6) is 0 Å². The summed E-state index contributed by atoms with van der Waals surface area (Å²) in [6.45, 7) is 8.31. The van der Waals surface area contributed by atoms with Crippen LogP contribution in [0.15, 0.2) is 53.4 Å². The number of rotatable bonds is 6. The van der Waals surface area contributed by atoms with Crippen LogP contribution in [0.2, 0.25) is 0 Å². The zero-order valence-electron chi connectivity index (χ0n) is 17.3. The van der Waals surface area contributed by atoms with Gasteiger partial charge in [-0.15, -0.1) is 0 Å². The van der Waals surface area contributed by atoms with E-state index in [1.807, 2.05) is 57.2 Å². The largest absolute Gasteiger partial charge is 0.345 e. The molecule has 0 radical (unpaired) electrons. The number of amides is 1. The summed E-state index contributed by atoms with van der Waals surface area (Å²) in [4.78, 5) is 13.9. The van der Waals surface area contributed by atoms with Crippen molar-refractivity contribution in [3.05, 3.63) is 65.2 Å². The van der Waals surface area contributed by atoms with Gasteiger partial charge in [0.25, 0.3) is 5.91 Å². The second-order valence-electron chi connectivity index (χ2n) is 7.78. The van der Waals surface area contributed by atoms with E-state index in [1.54, 1.807) is 12.1 Å². The summed E-state index contributed by atoms with van der Waals surface area (Å²) in [7, 11) is -3.49. The third kappa shape index (κ3) is 5.23. The number of hydrogen-bond donors (Lipinski definition) is 2. The molecule has 1 saturated heterocycles. The summed E-state index contributed by atoms with van der Waals surface area (Å²) in [6.07, 6.45) is 0. The average Bonchev–Trinajstić information content (AvgIpc) is 2.71. The van der Waals surface area contributed by atoms with Gasteiger partial charge >= 0.3 is 0 Å². The van der Waals surface area contributed by atoms with Gasteiger partial charge in [0, 0.05) is 0 Å². The molecule has 1 fully saturated rings. The van der Waals surface area contributed by atoms with Crippen LogP contribution in [0, 0.1) is 13.8 Å². The predicted molar refractivity (Wildman–Crippen MR) is 113 cm³/mol. The second-order valence-corrected chi connectivity index (χ2v) is 9.71. The van der Waals surface area contributed by atoms with E-state index in [0.29, 0.717) is 37.6 Å². The van der Waals surface area contributed by atoms with E-state index in [1.165, 1.54) is 4.31 Å². The lowest BCUT2D eigenvalue weighted by Crippen LogP contribution is -3.15. The smallest absolute Gasteiger partial charge is 0.275 e. The van der Waals surface area contributed by atoms with Crippen molar-refractivity contribution in [2.75, 3.05) is 32.7 Å². The fourth-order valence-corrected chi connectivity index (χ4v) is 5.11. The maximum atomic E-state index is 12.9. The Kier molecular flexibility index (Phi) is 6.72. The number of carbonyl (C=O) groups excluding carboxylic acids is 1. The molecular formula is C22H30N3O3S+. The quantitative estimate of drug-likeness (QED) is 0.740. The van der Waals surface area contributed by atoms with Crippen LogP contribution in [-0.2, 0) is 14.8 Å². The summed E-state index contributed by atoms with van der Waals surface area (Å²) in [6, 6.07) is 15.1. The van der Waals surface area contributed by atoms with Gasteiger partial charge in [-0.3, -0.25) is 4.79 Å². The van der Waals surface area contributed by atoms with Gasteiger partial charge in [0.15, 0.2) is 6.54 Å². The predicted octanol–water partition coefficient (Wildman–Crippen LogP) is 1.07. The molecule has 1 heterocycles. The monoisotopic (exact) mass is 416 g/mol. The van der Waals surface area contributed by atoms with Crippen molar-refractivity contribution in [2.45, 2.75) is 31.7 Å². The number of aryl methyl sites for hydroxylation is 2. The van der Waals surface area contributed by atoms with E-state index in [2.05, 4.69) is 5.32 Å². The number of sulfonamides is 1. The molecule has 2 N–H and O–H groups in total. The highest BCUT2D eigenvalue weighted by molar-refractivity contribution is 7.89. The minimum atomic E-state index is -3.49. The summed E-state index contributed by atoms with van der Waals surface area (Å²) >= 11 is 0. The van der Waals surface area contributed by atoms with Crippen LogP contribution in [0.1, 0.15) is 29.7 Å². The van der Waals surface area contributed by atoms with Gasteiger partial charge in [-0.2, -0.15) is 4.31 Å². The van der Waals surface area contributed by atoms with Gasteiger partial charge in [-0.1, -0.05) is 36.4 Å². The summed E-state index contributed by atoms with van der Waals surface area (Å²) in [5, 5.41) is 3.03. The van der Waals surface area contributed by atoms with Crippen LogP contribution in [0.25, 0.3) is 0 Å². The second kappa shape index (κ2) is 9.07. The summed E-state index contributed by atoms with van der Waals surface area (Å²) in [5.41, 5.74) is 3.12. The lowest BCUT2D eigenvalue weighted by molar-refractivity contribution is -0.895. The zero-order valence-corrected chi connectivity index (χ0v) is 18.1. The van der Waals surface area contributed by atoms with Crippen molar-refractivity contribution in [1.82, 2.24) is 9.62 Å². The van der Waals surface area contributed by atoms with Crippen molar-refractivity contribution in [3.8, 4) is 0 Å². The Morgan fingerprint density at radius 1 is 1.07 bits per heavy atom. The van der Waals surface area contributed by atoms with Crippen molar-refractivity contribution in [3.63, 3.8) is 0 Å². The molecule has 2 aromatic rings. The molecule has 1 atom stereocenters. The summed E-state index contributed by atoms with van der Waals surface area (Å²) in [5.74, 6) is -0.0122. The molecule has 156 valence electrons. The molecule has 29 heavy (non-hydrogen) atoms. The van der Waals surface area contributed by atoms with E-state index in [0.717, 1.165) is 21.6 Å².